The number of benzene rings is 1. The highest BCUT2D eigenvalue weighted by atomic mass is 15.2. The van der Waals surface area contributed by atoms with Crippen LogP contribution in [0.15, 0.2) is 24.3 Å². The highest BCUT2D eigenvalue weighted by Gasteiger charge is 2.39. The van der Waals surface area contributed by atoms with Gasteiger partial charge in [0.15, 0.2) is 0 Å². The Morgan fingerprint density at radius 1 is 1.24 bits per heavy atom. The topological polar surface area (TPSA) is 29.3 Å². The molecule has 1 aliphatic rings. The van der Waals surface area contributed by atoms with Crippen LogP contribution in [0.4, 0.5) is 5.69 Å². The van der Waals surface area contributed by atoms with Crippen LogP contribution in [0.3, 0.4) is 0 Å². The molecule has 1 aromatic carbocycles. The van der Waals surface area contributed by atoms with E-state index in [2.05, 4.69) is 56.9 Å². The summed E-state index contributed by atoms with van der Waals surface area (Å²) in [5.41, 5.74) is 9.17. The second-order valence-corrected chi connectivity index (χ2v) is 7.04. The average Bonchev–Trinajstić information content (AvgIpc) is 2.50. The first kappa shape index (κ1) is 16.4. The van der Waals surface area contributed by atoms with E-state index in [9.17, 15) is 0 Å². The molecule has 0 bridgehead atoms. The minimum Gasteiger partial charge on any atom is -0.365 e. The maximum atomic E-state index is 6.28. The van der Waals surface area contributed by atoms with Crippen LogP contribution in [0.1, 0.15) is 52.0 Å². The highest BCUT2D eigenvalue weighted by Crippen LogP contribution is 2.41. The molecule has 2 N–H and O–H groups in total. The molecule has 1 fully saturated rings. The predicted octanol–water partition coefficient (Wildman–Crippen LogP) is 4.37. The molecular formula is C19H32N2. The molecule has 0 amide bonds. The van der Waals surface area contributed by atoms with Crippen LogP contribution < -0.4 is 10.6 Å². The maximum Gasteiger partial charge on any atom is 0.0524 e. The number of hydrogen-bond acceptors (Lipinski definition) is 2. The van der Waals surface area contributed by atoms with E-state index >= 15 is 0 Å². The number of likely N-dealkylation sites (N-methyl/N-ethyl adjacent to an activating group) is 1. The largest absolute Gasteiger partial charge is 0.365 e. The second kappa shape index (κ2) is 6.83. The van der Waals surface area contributed by atoms with Crippen LogP contribution in [-0.4, -0.2) is 18.6 Å². The summed E-state index contributed by atoms with van der Waals surface area (Å²) in [4.78, 5) is 2.58. The van der Waals surface area contributed by atoms with E-state index in [4.69, 9.17) is 5.73 Å². The number of hydrogen-bond donors (Lipinski definition) is 1. The number of para-hydroxylation sites is 1. The summed E-state index contributed by atoms with van der Waals surface area (Å²) in [5.74, 6) is 1.68. The monoisotopic (exact) mass is 288 g/mol. The molecule has 0 radical (unpaired) electrons. The fourth-order valence-corrected chi connectivity index (χ4v) is 4.06. The van der Waals surface area contributed by atoms with Crippen molar-refractivity contribution in [2.24, 2.45) is 17.6 Å². The molecule has 0 heterocycles. The van der Waals surface area contributed by atoms with Gasteiger partial charge in [0.25, 0.3) is 0 Å². The summed E-state index contributed by atoms with van der Waals surface area (Å²) in [6.45, 7) is 11.0. The zero-order valence-corrected chi connectivity index (χ0v) is 14.2. The van der Waals surface area contributed by atoms with Crippen molar-refractivity contribution in [1.29, 1.82) is 0 Å². The molecule has 0 aliphatic heterocycles. The van der Waals surface area contributed by atoms with Gasteiger partial charge in [-0.25, -0.2) is 0 Å². The second-order valence-electron chi connectivity index (χ2n) is 7.04. The summed E-state index contributed by atoms with van der Waals surface area (Å²) in [7, 11) is 0. The summed E-state index contributed by atoms with van der Waals surface area (Å²) in [6.07, 6.45) is 5.09. The zero-order chi connectivity index (χ0) is 15.5. The lowest BCUT2D eigenvalue weighted by Gasteiger charge is -2.49. The standard InChI is InChI=1S/C19H32N2/c1-5-21(18-9-7-6-8-16(18)4)19(14-20)12-10-17(11-13-19)15(2)3/h6-9,15,17H,5,10-14,20H2,1-4H3. The summed E-state index contributed by atoms with van der Waals surface area (Å²) in [5, 5.41) is 0. The molecule has 1 aliphatic carbocycles. The van der Waals surface area contributed by atoms with Crippen molar-refractivity contribution in [2.45, 2.75) is 58.9 Å². The van der Waals surface area contributed by atoms with Crippen LogP contribution in [0.2, 0.25) is 0 Å². The average molecular weight is 288 g/mol. The number of nitrogens with two attached hydrogens (primary N) is 1. The van der Waals surface area contributed by atoms with Crippen LogP contribution in [0, 0.1) is 18.8 Å². The maximum absolute atomic E-state index is 6.28. The van der Waals surface area contributed by atoms with Gasteiger partial charge < -0.3 is 10.6 Å². The first-order valence-corrected chi connectivity index (χ1v) is 8.57. The van der Waals surface area contributed by atoms with Gasteiger partial charge in [-0.05, 0) is 63.0 Å². The van der Waals surface area contributed by atoms with Gasteiger partial charge in [-0.2, -0.15) is 0 Å². The fourth-order valence-electron chi connectivity index (χ4n) is 4.06. The highest BCUT2D eigenvalue weighted by molar-refractivity contribution is 5.55. The van der Waals surface area contributed by atoms with E-state index in [1.54, 1.807) is 0 Å². The molecule has 0 atom stereocenters. The van der Waals surface area contributed by atoms with Crippen LogP contribution in [0.5, 0.6) is 0 Å². The van der Waals surface area contributed by atoms with Gasteiger partial charge in [0, 0.05) is 18.8 Å². The lowest BCUT2D eigenvalue weighted by atomic mass is 9.71. The van der Waals surface area contributed by atoms with E-state index in [0.717, 1.165) is 24.9 Å². The van der Waals surface area contributed by atoms with Crippen molar-refractivity contribution in [2.75, 3.05) is 18.0 Å². The smallest absolute Gasteiger partial charge is 0.0524 e. The first-order valence-electron chi connectivity index (χ1n) is 8.57. The third kappa shape index (κ3) is 3.26. The van der Waals surface area contributed by atoms with Gasteiger partial charge in [-0.15, -0.1) is 0 Å². The van der Waals surface area contributed by atoms with Crippen molar-refractivity contribution >= 4 is 5.69 Å². The predicted molar refractivity (Wildman–Crippen MR) is 92.8 cm³/mol. The van der Waals surface area contributed by atoms with E-state index in [-0.39, 0.29) is 5.54 Å². The molecule has 0 saturated heterocycles. The molecule has 0 unspecified atom stereocenters. The van der Waals surface area contributed by atoms with Crippen molar-refractivity contribution < 1.29 is 0 Å². The normalized spacial score (nSPS) is 26.1. The fraction of sp³-hybridized carbons (Fsp3) is 0.684. The van der Waals surface area contributed by atoms with Gasteiger partial charge in [-0.1, -0.05) is 32.0 Å². The minimum atomic E-state index is 0.159. The van der Waals surface area contributed by atoms with E-state index < -0.39 is 0 Å². The Hall–Kier alpha value is -1.02. The van der Waals surface area contributed by atoms with Crippen LogP contribution >= 0.6 is 0 Å². The summed E-state index contributed by atoms with van der Waals surface area (Å²) < 4.78 is 0. The van der Waals surface area contributed by atoms with E-state index in [1.165, 1.54) is 36.9 Å². The van der Waals surface area contributed by atoms with Crippen molar-refractivity contribution in [1.82, 2.24) is 0 Å². The molecule has 0 spiro atoms. The Morgan fingerprint density at radius 3 is 2.33 bits per heavy atom. The Morgan fingerprint density at radius 2 is 1.86 bits per heavy atom. The van der Waals surface area contributed by atoms with Crippen LogP contribution in [-0.2, 0) is 0 Å². The molecule has 0 aromatic heterocycles. The SMILES string of the molecule is CCN(c1ccccc1C)C1(CN)CCC(C(C)C)CC1. The minimum absolute atomic E-state index is 0.159. The Kier molecular flexibility index (Phi) is 5.32. The molecule has 118 valence electrons. The lowest BCUT2D eigenvalue weighted by Crippen LogP contribution is -2.56. The molecule has 1 saturated carbocycles. The number of nitrogens with zero attached hydrogens (tertiary/aromatic N) is 1. The Bertz CT molecular complexity index is 445. The van der Waals surface area contributed by atoms with E-state index in [1.807, 2.05) is 0 Å². The van der Waals surface area contributed by atoms with Gasteiger partial charge in [0.1, 0.15) is 0 Å². The Labute approximate surface area is 130 Å². The molecule has 2 nitrogen and oxygen atoms in total. The molecule has 21 heavy (non-hydrogen) atoms. The first-order chi connectivity index (χ1) is 10.0. The van der Waals surface area contributed by atoms with Crippen molar-refractivity contribution in [3.63, 3.8) is 0 Å². The third-order valence-corrected chi connectivity index (χ3v) is 5.58. The molecular weight excluding hydrogens is 256 g/mol. The lowest BCUT2D eigenvalue weighted by molar-refractivity contribution is 0.191. The number of anilines is 1. The number of rotatable bonds is 5. The Balaban J connectivity index is 2.25. The zero-order valence-electron chi connectivity index (χ0n) is 14.2. The third-order valence-electron chi connectivity index (χ3n) is 5.58. The summed E-state index contributed by atoms with van der Waals surface area (Å²) >= 11 is 0. The quantitative estimate of drug-likeness (QED) is 0.872. The van der Waals surface area contributed by atoms with Crippen molar-refractivity contribution in [3.05, 3.63) is 29.8 Å². The molecule has 2 heteroatoms. The van der Waals surface area contributed by atoms with Gasteiger partial charge in [0.2, 0.25) is 0 Å². The van der Waals surface area contributed by atoms with E-state index in [0.29, 0.717) is 0 Å². The number of aryl methyl sites for hydroxylation is 1. The van der Waals surface area contributed by atoms with Crippen LogP contribution in [0.25, 0.3) is 0 Å². The summed E-state index contributed by atoms with van der Waals surface area (Å²) in [6, 6.07) is 8.74. The van der Waals surface area contributed by atoms with Gasteiger partial charge >= 0.3 is 0 Å². The van der Waals surface area contributed by atoms with Gasteiger partial charge in [0.05, 0.1) is 5.54 Å². The molecule has 2 rings (SSSR count). The van der Waals surface area contributed by atoms with Gasteiger partial charge in [-0.3, -0.25) is 0 Å². The molecule has 1 aromatic rings. The van der Waals surface area contributed by atoms with Crippen molar-refractivity contribution in [3.8, 4) is 0 Å².